The van der Waals surface area contributed by atoms with Crippen molar-refractivity contribution >= 4 is 17.8 Å². The highest BCUT2D eigenvalue weighted by molar-refractivity contribution is 6.09. The van der Waals surface area contributed by atoms with Crippen LogP contribution in [0.2, 0.25) is 0 Å². The number of nitrogens with zero attached hydrogens (tertiary/aromatic N) is 1. The minimum Gasteiger partial charge on any atom is -0.348 e. The third-order valence-corrected chi connectivity index (χ3v) is 6.59. The van der Waals surface area contributed by atoms with Crippen LogP contribution in [-0.4, -0.2) is 29.3 Å². The van der Waals surface area contributed by atoms with Crippen LogP contribution in [0.1, 0.15) is 61.4 Å². The molecule has 0 aromatic heterocycles. The molecule has 1 aliphatic carbocycles. The molecule has 0 spiro atoms. The summed E-state index contributed by atoms with van der Waals surface area (Å²) in [7, 11) is 0. The minimum absolute atomic E-state index is 0.247. The molecule has 1 heterocycles. The van der Waals surface area contributed by atoms with Gasteiger partial charge >= 0.3 is 6.03 Å². The lowest BCUT2D eigenvalue weighted by atomic mass is 9.87. The third kappa shape index (κ3) is 3.99. The summed E-state index contributed by atoms with van der Waals surface area (Å²) in [6.45, 7) is 3.29. The minimum atomic E-state index is -1.30. The fraction of sp³-hybridized carbons (Fsp3) is 0.400. The third-order valence-electron chi connectivity index (χ3n) is 6.59. The molecule has 1 saturated heterocycles. The van der Waals surface area contributed by atoms with Gasteiger partial charge in [-0.1, -0.05) is 37.3 Å². The molecule has 7 heteroatoms. The van der Waals surface area contributed by atoms with Gasteiger partial charge in [0, 0.05) is 0 Å². The number of urea groups is 1. The van der Waals surface area contributed by atoms with E-state index in [0.717, 1.165) is 23.3 Å². The zero-order chi connectivity index (χ0) is 22.9. The van der Waals surface area contributed by atoms with E-state index in [1.54, 1.807) is 6.92 Å². The first-order valence-corrected chi connectivity index (χ1v) is 11.2. The number of amides is 4. The Hall–Kier alpha value is -3.22. The average Bonchev–Trinajstić information content (AvgIpc) is 3.04. The fourth-order valence-corrected chi connectivity index (χ4v) is 4.68. The lowest BCUT2D eigenvalue weighted by molar-refractivity contribution is -0.135. The number of nitrogens with one attached hydrogen (secondary N) is 2. The Balaban J connectivity index is 1.45. The van der Waals surface area contributed by atoms with E-state index in [1.165, 1.54) is 48.2 Å². The van der Waals surface area contributed by atoms with E-state index in [-0.39, 0.29) is 19.0 Å². The molecule has 6 nitrogen and oxygen atoms in total. The molecular weight excluding hydrogens is 409 g/mol. The number of rotatable bonds is 6. The van der Waals surface area contributed by atoms with Crippen LogP contribution < -0.4 is 10.6 Å². The highest BCUT2D eigenvalue weighted by Crippen LogP contribution is 2.32. The van der Waals surface area contributed by atoms with Crippen LogP contribution in [-0.2, 0) is 28.0 Å². The molecule has 168 valence electrons. The van der Waals surface area contributed by atoms with Crippen LogP contribution >= 0.6 is 0 Å². The predicted molar refractivity (Wildman–Crippen MR) is 118 cm³/mol. The quantitative estimate of drug-likeness (QED) is 0.676. The molecule has 0 bridgehead atoms. The maximum absolute atomic E-state index is 13.3. The molecule has 2 aliphatic rings. The Morgan fingerprint density at radius 2 is 1.81 bits per heavy atom. The number of carbonyl (C=O) groups excluding carboxylic acids is 3. The van der Waals surface area contributed by atoms with Gasteiger partial charge < -0.3 is 10.6 Å². The Bertz CT molecular complexity index is 1050. The second-order valence-corrected chi connectivity index (χ2v) is 8.61. The second kappa shape index (κ2) is 8.73. The summed E-state index contributed by atoms with van der Waals surface area (Å²) in [5.74, 6) is -1.35. The Kier molecular flexibility index (Phi) is 6.00. The molecule has 0 radical (unpaired) electrons. The second-order valence-electron chi connectivity index (χ2n) is 8.61. The first kappa shape index (κ1) is 22.0. The van der Waals surface area contributed by atoms with Crippen LogP contribution in [0.4, 0.5) is 9.18 Å². The van der Waals surface area contributed by atoms with Gasteiger partial charge in [0.2, 0.25) is 5.91 Å². The maximum Gasteiger partial charge on any atom is 0.325 e. The van der Waals surface area contributed by atoms with Gasteiger partial charge in [-0.3, -0.25) is 14.5 Å². The van der Waals surface area contributed by atoms with Crippen molar-refractivity contribution in [2.45, 2.75) is 57.5 Å². The summed E-state index contributed by atoms with van der Waals surface area (Å²) in [6.07, 6.45) is 4.82. The molecule has 2 aromatic rings. The van der Waals surface area contributed by atoms with Crippen molar-refractivity contribution < 1.29 is 18.8 Å². The van der Waals surface area contributed by atoms with Crippen molar-refractivity contribution in [3.05, 3.63) is 70.5 Å². The molecule has 1 fully saturated rings. The molecule has 0 unspecified atom stereocenters. The van der Waals surface area contributed by atoms with E-state index in [0.29, 0.717) is 5.56 Å². The number of imide groups is 1. The molecule has 0 saturated carbocycles. The first-order valence-electron chi connectivity index (χ1n) is 11.2. The molecule has 2 N–H and O–H groups in total. The van der Waals surface area contributed by atoms with Crippen LogP contribution in [0, 0.1) is 5.82 Å². The highest BCUT2D eigenvalue weighted by atomic mass is 19.1. The molecule has 4 rings (SSSR count). The van der Waals surface area contributed by atoms with Crippen molar-refractivity contribution in [3.8, 4) is 0 Å². The first-order chi connectivity index (χ1) is 15.3. The van der Waals surface area contributed by atoms with Gasteiger partial charge in [0.15, 0.2) is 0 Å². The molecule has 2 atom stereocenters. The van der Waals surface area contributed by atoms with Gasteiger partial charge in [-0.15, -0.1) is 0 Å². The number of aryl methyl sites for hydroxylation is 2. The average molecular weight is 438 g/mol. The van der Waals surface area contributed by atoms with Crippen LogP contribution in [0.5, 0.6) is 0 Å². The summed E-state index contributed by atoms with van der Waals surface area (Å²) >= 11 is 0. The van der Waals surface area contributed by atoms with E-state index in [4.69, 9.17) is 0 Å². The van der Waals surface area contributed by atoms with E-state index in [2.05, 4.69) is 22.8 Å². The van der Waals surface area contributed by atoms with Gasteiger partial charge in [0.1, 0.15) is 17.9 Å². The maximum atomic E-state index is 13.3. The van der Waals surface area contributed by atoms with Gasteiger partial charge in [0.25, 0.3) is 5.91 Å². The van der Waals surface area contributed by atoms with Crippen LogP contribution in [0.25, 0.3) is 0 Å². The normalized spacial score (nSPS) is 21.2. The van der Waals surface area contributed by atoms with Crippen molar-refractivity contribution in [1.82, 2.24) is 15.5 Å². The highest BCUT2D eigenvalue weighted by Gasteiger charge is 2.51. The number of carbonyl (C=O) groups is 3. The van der Waals surface area contributed by atoms with E-state index >= 15 is 0 Å². The zero-order valence-electron chi connectivity index (χ0n) is 18.4. The monoisotopic (exact) mass is 437 g/mol. The molecule has 1 aliphatic heterocycles. The van der Waals surface area contributed by atoms with Crippen molar-refractivity contribution in [2.24, 2.45) is 0 Å². The Labute approximate surface area is 187 Å². The molecule has 2 aromatic carbocycles. The number of fused-ring (bicyclic) bond motifs is 1. The fourth-order valence-electron chi connectivity index (χ4n) is 4.68. The van der Waals surface area contributed by atoms with Crippen LogP contribution in [0.3, 0.4) is 0 Å². The zero-order valence-corrected chi connectivity index (χ0v) is 18.4. The number of benzene rings is 2. The topological polar surface area (TPSA) is 78.5 Å². The largest absolute Gasteiger partial charge is 0.348 e. The van der Waals surface area contributed by atoms with Crippen molar-refractivity contribution in [2.75, 3.05) is 6.54 Å². The van der Waals surface area contributed by atoms with Gasteiger partial charge in [-0.2, -0.15) is 0 Å². The van der Waals surface area contributed by atoms with E-state index < -0.39 is 29.2 Å². The number of hydrogen-bond acceptors (Lipinski definition) is 3. The van der Waals surface area contributed by atoms with Gasteiger partial charge in [-0.25, -0.2) is 9.18 Å². The summed E-state index contributed by atoms with van der Waals surface area (Å²) in [6, 6.07) is 10.9. The van der Waals surface area contributed by atoms with E-state index in [1.807, 2.05) is 13.0 Å². The predicted octanol–water partition coefficient (Wildman–Crippen LogP) is 3.74. The standard InChI is InChI=1S/C25H28FN3O3/c1-3-25(20-10-12-21(26)13-11-20)23(31)29(24(32)28-25)15-22(30)27-16(2)18-9-8-17-6-4-5-7-19(17)14-18/h8-14,16H,3-7,15H2,1-2H3,(H,27,30)(H,28,32)/t16-,25-/m0/s1. The lowest BCUT2D eigenvalue weighted by Crippen LogP contribution is -2.45. The van der Waals surface area contributed by atoms with E-state index in [9.17, 15) is 18.8 Å². The lowest BCUT2D eigenvalue weighted by Gasteiger charge is -2.26. The smallest absolute Gasteiger partial charge is 0.325 e. The molecular formula is C25H28FN3O3. The number of hydrogen-bond donors (Lipinski definition) is 2. The summed E-state index contributed by atoms with van der Waals surface area (Å²) in [5.41, 5.74) is 2.90. The summed E-state index contributed by atoms with van der Waals surface area (Å²) < 4.78 is 13.3. The summed E-state index contributed by atoms with van der Waals surface area (Å²) in [5, 5.41) is 5.61. The Morgan fingerprint density at radius 3 is 2.50 bits per heavy atom. The van der Waals surface area contributed by atoms with Crippen molar-refractivity contribution in [3.63, 3.8) is 0 Å². The Morgan fingerprint density at radius 1 is 1.12 bits per heavy atom. The summed E-state index contributed by atoms with van der Waals surface area (Å²) in [4.78, 5) is 39.4. The van der Waals surface area contributed by atoms with Crippen molar-refractivity contribution in [1.29, 1.82) is 0 Å². The van der Waals surface area contributed by atoms with Gasteiger partial charge in [0.05, 0.1) is 6.04 Å². The number of halogens is 1. The van der Waals surface area contributed by atoms with Crippen LogP contribution in [0.15, 0.2) is 42.5 Å². The van der Waals surface area contributed by atoms with Gasteiger partial charge in [-0.05, 0) is 73.4 Å². The molecule has 4 amide bonds. The SMILES string of the molecule is CC[C@@]1(c2ccc(F)cc2)NC(=O)N(CC(=O)N[C@@H](C)c2ccc3c(c2)CCCC3)C1=O. The molecule has 32 heavy (non-hydrogen) atoms.